The van der Waals surface area contributed by atoms with Crippen molar-refractivity contribution in [3.05, 3.63) is 212 Å². The maximum absolute atomic E-state index is 15.6. The van der Waals surface area contributed by atoms with Crippen LogP contribution in [0.5, 0.6) is 0 Å². The van der Waals surface area contributed by atoms with E-state index in [9.17, 15) is 0 Å². The highest BCUT2D eigenvalue weighted by molar-refractivity contribution is 8.25. The molecule has 0 aliphatic heterocycles. The number of imidazole rings is 1. The van der Waals surface area contributed by atoms with Gasteiger partial charge in [-0.25, -0.2) is 4.98 Å². The molecule has 0 saturated carbocycles. The highest BCUT2D eigenvalue weighted by Gasteiger charge is 2.31. The summed E-state index contributed by atoms with van der Waals surface area (Å²) < 4.78 is 17.8. The molecule has 0 fully saturated rings. The minimum Gasteiger partial charge on any atom is -0.309 e. The quantitative estimate of drug-likeness (QED) is 0.119. The molecule has 59 heavy (non-hydrogen) atoms. The lowest BCUT2D eigenvalue weighted by Crippen LogP contribution is -2.25. The molecule has 0 saturated heterocycles. The van der Waals surface area contributed by atoms with Crippen LogP contribution in [0.3, 0.4) is 0 Å². The van der Waals surface area contributed by atoms with Gasteiger partial charge >= 0.3 is 0 Å². The molecule has 3 aromatic heterocycles. The van der Waals surface area contributed by atoms with Crippen LogP contribution in [0.2, 0.25) is 0 Å². The van der Waals surface area contributed by atoms with Gasteiger partial charge in [0.25, 0.3) is 0 Å². The highest BCUT2D eigenvalue weighted by Crippen LogP contribution is 2.45. The van der Waals surface area contributed by atoms with Gasteiger partial charge in [-0.05, 0) is 57.8 Å². The molecular formula is C52H35N3OP2S. The summed E-state index contributed by atoms with van der Waals surface area (Å²) in [4.78, 5) is 10.3. The second kappa shape index (κ2) is 14.1. The predicted molar refractivity (Wildman–Crippen MR) is 254 cm³/mol. The number of hydrogen-bond acceptors (Lipinski definition) is 4. The summed E-state index contributed by atoms with van der Waals surface area (Å²) in [5.41, 5.74) is 5.61. The Labute approximate surface area is 346 Å². The third-order valence-electron chi connectivity index (χ3n) is 11.6. The maximum Gasteiger partial charge on any atom is 0.171 e. The summed E-state index contributed by atoms with van der Waals surface area (Å²) in [5.74, 6) is 0. The number of fused-ring (bicyclic) bond motifs is 10. The molecule has 0 amide bonds. The first-order chi connectivity index (χ1) is 29.0. The van der Waals surface area contributed by atoms with E-state index in [1.54, 1.807) is 0 Å². The van der Waals surface area contributed by atoms with E-state index in [1.807, 2.05) is 91.1 Å². The molecule has 7 heteroatoms. The molecule has 0 aliphatic carbocycles. The Balaban J connectivity index is 1.10. The molecule has 11 aromatic rings. The largest absolute Gasteiger partial charge is 0.309 e. The van der Waals surface area contributed by atoms with Crippen LogP contribution in [0, 0.1) is 0 Å². The topological polar surface area (TPSA) is 47.3 Å². The van der Waals surface area contributed by atoms with Crippen molar-refractivity contribution in [3.63, 3.8) is 0 Å². The first kappa shape index (κ1) is 35.7. The number of aromatic nitrogens is 3. The fourth-order valence-electron chi connectivity index (χ4n) is 8.70. The normalized spacial score (nSPS) is 12.2. The van der Waals surface area contributed by atoms with Gasteiger partial charge in [0.1, 0.15) is 5.65 Å². The number of pyridine rings is 2. The van der Waals surface area contributed by atoms with E-state index in [-0.39, 0.29) is 0 Å². The molecule has 0 unspecified atom stereocenters. The predicted octanol–water partition coefficient (Wildman–Crippen LogP) is 10.4. The smallest absolute Gasteiger partial charge is 0.171 e. The van der Waals surface area contributed by atoms with E-state index in [1.165, 1.54) is 0 Å². The number of benzene rings is 8. The van der Waals surface area contributed by atoms with Gasteiger partial charge in [-0.2, -0.15) is 0 Å². The van der Waals surface area contributed by atoms with Crippen LogP contribution in [-0.4, -0.2) is 14.4 Å². The lowest BCUT2D eigenvalue weighted by atomic mass is 9.98. The molecule has 3 heterocycles. The second-order valence-corrected chi connectivity index (χ2v) is 22.0. The Bertz CT molecular complexity index is 3400. The van der Waals surface area contributed by atoms with Crippen molar-refractivity contribution >= 4 is 106 Å². The lowest BCUT2D eigenvalue weighted by Gasteiger charge is -2.23. The Hall–Kier alpha value is -6.48. The number of rotatable bonds is 7. The average molecular weight is 812 g/mol. The molecule has 11 rings (SSSR count). The van der Waals surface area contributed by atoms with Gasteiger partial charge in [-0.3, -0.25) is 9.38 Å². The van der Waals surface area contributed by atoms with Crippen LogP contribution in [0.25, 0.3) is 60.4 Å². The molecule has 0 radical (unpaired) electrons. The zero-order valence-electron chi connectivity index (χ0n) is 31.8. The number of nitrogens with zero attached hydrogens (tertiary/aromatic N) is 3. The monoisotopic (exact) mass is 811 g/mol. The Kier molecular flexibility index (Phi) is 8.53. The first-order valence-corrected chi connectivity index (χ1v) is 24.1. The van der Waals surface area contributed by atoms with Gasteiger partial charge in [0.15, 0.2) is 7.14 Å². The van der Waals surface area contributed by atoms with Gasteiger partial charge in [0.2, 0.25) is 0 Å². The Morgan fingerprint density at radius 1 is 0.458 bits per heavy atom. The zero-order valence-corrected chi connectivity index (χ0v) is 34.4. The van der Waals surface area contributed by atoms with Crippen molar-refractivity contribution in [3.8, 4) is 11.3 Å². The molecule has 8 aromatic carbocycles. The third-order valence-corrected chi connectivity index (χ3v) is 19.6. The van der Waals surface area contributed by atoms with Crippen molar-refractivity contribution in [1.82, 2.24) is 14.4 Å². The van der Waals surface area contributed by atoms with Gasteiger partial charge in [-0.1, -0.05) is 182 Å². The lowest BCUT2D eigenvalue weighted by molar-refractivity contribution is 0.592. The van der Waals surface area contributed by atoms with Gasteiger partial charge in [-0.15, -0.1) is 0 Å². The van der Waals surface area contributed by atoms with Crippen LogP contribution in [0.15, 0.2) is 212 Å². The summed E-state index contributed by atoms with van der Waals surface area (Å²) in [5, 5.41) is 11.3. The minimum atomic E-state index is -3.23. The van der Waals surface area contributed by atoms with E-state index in [2.05, 4.69) is 126 Å². The SMILES string of the molecule is O=P(c1ccccc1)(c1ccccc1)c1ccc2nc3c4ccccc4c4ccc5cc(-c6ccc(P(=S)(c7ccccc7)c7ccccc7)cn6)ccc5c4n3c2c1. The minimum absolute atomic E-state index is 0.771. The number of hydrogen-bond donors (Lipinski definition) is 0. The molecule has 0 N–H and O–H groups in total. The van der Waals surface area contributed by atoms with E-state index >= 15 is 4.57 Å². The summed E-state index contributed by atoms with van der Waals surface area (Å²) in [6, 6.07) is 68.2. The second-order valence-electron chi connectivity index (χ2n) is 14.8. The van der Waals surface area contributed by atoms with E-state index in [0.29, 0.717) is 0 Å². The van der Waals surface area contributed by atoms with E-state index in [4.69, 9.17) is 21.8 Å². The molecule has 280 valence electrons. The Morgan fingerprint density at radius 2 is 1.02 bits per heavy atom. The van der Waals surface area contributed by atoms with Gasteiger partial charge in [0, 0.05) is 55.2 Å². The zero-order chi connectivity index (χ0) is 39.6. The fourth-order valence-corrected chi connectivity index (χ4v) is 15.0. The third kappa shape index (κ3) is 5.65. The summed E-state index contributed by atoms with van der Waals surface area (Å²) in [7, 11) is -3.23. The van der Waals surface area contributed by atoms with Crippen molar-refractivity contribution in [1.29, 1.82) is 0 Å². The van der Waals surface area contributed by atoms with E-state index < -0.39 is 13.2 Å². The van der Waals surface area contributed by atoms with Crippen molar-refractivity contribution < 1.29 is 4.57 Å². The van der Waals surface area contributed by atoms with Gasteiger partial charge in [0.05, 0.1) is 22.2 Å². The highest BCUT2D eigenvalue weighted by atomic mass is 32.4. The molecule has 0 atom stereocenters. The molecule has 0 bridgehead atoms. The maximum atomic E-state index is 15.6. The van der Waals surface area contributed by atoms with Crippen LogP contribution in [-0.2, 0) is 16.4 Å². The van der Waals surface area contributed by atoms with Crippen molar-refractivity contribution in [2.24, 2.45) is 0 Å². The molecule has 4 nitrogen and oxygen atoms in total. The van der Waals surface area contributed by atoms with E-state index in [0.717, 1.165) is 92.2 Å². The van der Waals surface area contributed by atoms with Crippen LogP contribution in [0.4, 0.5) is 0 Å². The Morgan fingerprint density at radius 3 is 1.63 bits per heavy atom. The van der Waals surface area contributed by atoms with Crippen LogP contribution in [0.1, 0.15) is 0 Å². The standard InChI is InChI=1S/C52H35N3OP2S/c56-57(38-15-5-1-6-16-38,39-17-7-2-8-18-39)42-27-32-49-50(34-42)55-51-44-29-26-37(33-36(44)25-30-46(51)45-23-13-14-24-47(45)52(55)54-49)48-31-28-43(35-53-48)58(59,40-19-9-3-10-20-40)41-21-11-4-12-22-41/h1-35H. The average Bonchev–Trinajstić information content (AvgIpc) is 3.71. The van der Waals surface area contributed by atoms with Crippen LogP contribution >= 0.6 is 13.2 Å². The van der Waals surface area contributed by atoms with Gasteiger partial charge < -0.3 is 4.57 Å². The van der Waals surface area contributed by atoms with Crippen molar-refractivity contribution in [2.45, 2.75) is 0 Å². The summed E-state index contributed by atoms with van der Waals surface area (Å²) >= 11 is 6.59. The van der Waals surface area contributed by atoms with Crippen LogP contribution < -0.4 is 31.8 Å². The summed E-state index contributed by atoms with van der Waals surface area (Å²) in [6.07, 6.45) is 1.98. The van der Waals surface area contributed by atoms with Crippen molar-refractivity contribution in [2.75, 3.05) is 0 Å². The fraction of sp³-hybridized carbons (Fsp3) is 0. The molecular weight excluding hydrogens is 777 g/mol. The molecule has 0 aliphatic rings. The first-order valence-electron chi connectivity index (χ1n) is 19.6. The molecule has 0 spiro atoms. The summed E-state index contributed by atoms with van der Waals surface area (Å²) in [6.45, 7) is 0.